The third-order valence-electron chi connectivity index (χ3n) is 3.34. The first-order valence-electron chi connectivity index (χ1n) is 7.38. The first kappa shape index (κ1) is 17.7. The van der Waals surface area contributed by atoms with Crippen LogP contribution in [0, 0.1) is 6.92 Å². The second-order valence-corrected chi connectivity index (χ2v) is 6.87. The third-order valence-corrected chi connectivity index (χ3v) is 4.60. The lowest BCUT2D eigenvalue weighted by atomic mass is 10.1. The van der Waals surface area contributed by atoms with Gasteiger partial charge >= 0.3 is 6.03 Å². The molecular weight excluding hydrogens is 332 g/mol. The molecule has 0 aliphatic heterocycles. The lowest BCUT2D eigenvalue weighted by Crippen LogP contribution is -2.38. The van der Waals surface area contributed by atoms with Crippen LogP contribution in [0.4, 0.5) is 4.79 Å². The number of aryl methyl sites for hydroxylation is 2. The van der Waals surface area contributed by atoms with Crippen LogP contribution < -0.4 is 10.6 Å². The Morgan fingerprint density at radius 3 is 2.70 bits per heavy atom. The highest BCUT2D eigenvalue weighted by atomic mass is 35.5. The number of nitrogens with zero attached hydrogens (tertiary/aromatic N) is 2. The Balaban J connectivity index is 1.70. The maximum Gasteiger partial charge on any atom is 0.315 e. The molecule has 0 fully saturated rings. The number of halogens is 1. The number of nitrogens with one attached hydrogen (secondary N) is 2. The highest BCUT2D eigenvalue weighted by Crippen LogP contribution is 2.19. The average molecular weight is 353 g/mol. The van der Waals surface area contributed by atoms with Crippen LogP contribution in [0.2, 0.25) is 5.02 Å². The van der Waals surface area contributed by atoms with Crippen LogP contribution in [0.15, 0.2) is 35.4 Å². The molecule has 1 heterocycles. The monoisotopic (exact) mass is 352 g/mol. The Morgan fingerprint density at radius 1 is 1.39 bits per heavy atom. The highest BCUT2D eigenvalue weighted by molar-refractivity contribution is 7.99. The van der Waals surface area contributed by atoms with Crippen LogP contribution in [0.3, 0.4) is 0 Å². The van der Waals surface area contributed by atoms with Crippen molar-refractivity contribution in [1.82, 2.24) is 20.4 Å². The van der Waals surface area contributed by atoms with Gasteiger partial charge in [0.1, 0.15) is 0 Å². The van der Waals surface area contributed by atoms with E-state index in [1.54, 1.807) is 16.4 Å². The van der Waals surface area contributed by atoms with E-state index in [1.165, 1.54) is 0 Å². The zero-order chi connectivity index (χ0) is 16.8. The number of hydrogen-bond acceptors (Lipinski definition) is 3. The van der Waals surface area contributed by atoms with Gasteiger partial charge in [0.25, 0.3) is 0 Å². The third kappa shape index (κ3) is 5.48. The Morgan fingerprint density at radius 2 is 2.09 bits per heavy atom. The van der Waals surface area contributed by atoms with Crippen molar-refractivity contribution < 1.29 is 4.79 Å². The molecule has 2 amide bonds. The van der Waals surface area contributed by atoms with Gasteiger partial charge in [-0.1, -0.05) is 11.6 Å². The normalized spacial score (nSPS) is 12.0. The summed E-state index contributed by atoms with van der Waals surface area (Å²) in [5.41, 5.74) is 1.96. The van der Waals surface area contributed by atoms with Gasteiger partial charge in [0.15, 0.2) is 0 Å². The summed E-state index contributed by atoms with van der Waals surface area (Å²) < 4.78 is 1.75. The SMILES string of the molecule is Cc1nn(C)cc1C(C)NC(=O)NCCSc1ccc(Cl)cc1. The van der Waals surface area contributed by atoms with Gasteiger partial charge in [-0.05, 0) is 38.1 Å². The molecular formula is C16H21ClN4OS. The summed E-state index contributed by atoms with van der Waals surface area (Å²) in [5, 5.41) is 10.8. The quantitative estimate of drug-likeness (QED) is 0.617. The van der Waals surface area contributed by atoms with Crippen LogP contribution >= 0.6 is 23.4 Å². The van der Waals surface area contributed by atoms with E-state index >= 15 is 0 Å². The predicted molar refractivity (Wildman–Crippen MR) is 95.1 cm³/mol. The van der Waals surface area contributed by atoms with Crippen LogP contribution in [-0.4, -0.2) is 28.1 Å². The van der Waals surface area contributed by atoms with Crippen molar-refractivity contribution in [1.29, 1.82) is 0 Å². The van der Waals surface area contributed by atoms with Crippen LogP contribution in [0.1, 0.15) is 24.2 Å². The summed E-state index contributed by atoms with van der Waals surface area (Å²) in [4.78, 5) is 13.1. The van der Waals surface area contributed by atoms with Crippen molar-refractivity contribution >= 4 is 29.4 Å². The molecule has 0 radical (unpaired) electrons. The van der Waals surface area contributed by atoms with Crippen molar-refractivity contribution in [2.75, 3.05) is 12.3 Å². The summed E-state index contributed by atoms with van der Waals surface area (Å²) in [6.07, 6.45) is 1.93. The van der Waals surface area contributed by atoms with E-state index in [9.17, 15) is 4.79 Å². The Bertz CT molecular complexity index is 657. The molecule has 2 N–H and O–H groups in total. The van der Waals surface area contributed by atoms with Gasteiger partial charge in [-0.15, -0.1) is 11.8 Å². The molecule has 1 aromatic carbocycles. The van der Waals surface area contributed by atoms with Crippen LogP contribution in [0.25, 0.3) is 0 Å². The number of carbonyl (C=O) groups is 1. The second kappa shape index (κ2) is 8.26. The average Bonchev–Trinajstić information content (AvgIpc) is 2.84. The van der Waals surface area contributed by atoms with E-state index < -0.39 is 0 Å². The summed E-state index contributed by atoms with van der Waals surface area (Å²) in [6.45, 7) is 4.48. The van der Waals surface area contributed by atoms with Gasteiger partial charge in [-0.2, -0.15) is 5.10 Å². The second-order valence-electron chi connectivity index (χ2n) is 5.27. The predicted octanol–water partition coefficient (Wildman–Crippen LogP) is 3.53. The number of thioether (sulfide) groups is 1. The zero-order valence-electron chi connectivity index (χ0n) is 13.5. The minimum absolute atomic E-state index is 0.0763. The molecule has 0 saturated carbocycles. The Labute approximate surface area is 145 Å². The minimum Gasteiger partial charge on any atom is -0.337 e. The molecule has 0 saturated heterocycles. The number of carbonyl (C=O) groups excluding carboxylic acids is 1. The van der Waals surface area contributed by atoms with Gasteiger partial charge in [0.05, 0.1) is 11.7 Å². The number of rotatable bonds is 6. The van der Waals surface area contributed by atoms with Gasteiger partial charge in [-0.25, -0.2) is 4.79 Å². The molecule has 0 spiro atoms. The fourth-order valence-electron chi connectivity index (χ4n) is 2.23. The first-order chi connectivity index (χ1) is 11.0. The smallest absolute Gasteiger partial charge is 0.315 e. The molecule has 0 aliphatic rings. The van der Waals surface area contributed by atoms with Crippen molar-refractivity contribution in [2.24, 2.45) is 7.05 Å². The van der Waals surface area contributed by atoms with E-state index in [4.69, 9.17) is 11.6 Å². The van der Waals surface area contributed by atoms with E-state index in [-0.39, 0.29) is 12.1 Å². The zero-order valence-corrected chi connectivity index (χ0v) is 15.0. The van der Waals surface area contributed by atoms with E-state index in [0.29, 0.717) is 6.54 Å². The molecule has 2 aromatic rings. The molecule has 1 aromatic heterocycles. The fraction of sp³-hybridized carbons (Fsp3) is 0.375. The first-order valence-corrected chi connectivity index (χ1v) is 8.75. The van der Waals surface area contributed by atoms with Gasteiger partial charge in [-0.3, -0.25) is 4.68 Å². The van der Waals surface area contributed by atoms with E-state index in [2.05, 4.69) is 15.7 Å². The van der Waals surface area contributed by atoms with Crippen molar-refractivity contribution in [3.05, 3.63) is 46.7 Å². The van der Waals surface area contributed by atoms with Crippen molar-refractivity contribution in [2.45, 2.75) is 24.8 Å². The minimum atomic E-state index is -0.169. The maximum absolute atomic E-state index is 11.9. The van der Waals surface area contributed by atoms with E-state index in [0.717, 1.165) is 26.9 Å². The molecule has 0 aliphatic carbocycles. The van der Waals surface area contributed by atoms with Crippen molar-refractivity contribution in [3.8, 4) is 0 Å². The summed E-state index contributed by atoms with van der Waals surface area (Å²) >= 11 is 7.52. The maximum atomic E-state index is 11.9. The standard InChI is InChI=1S/C16H21ClN4OS/c1-11(15-10-21(3)20-12(15)2)19-16(22)18-8-9-23-14-6-4-13(17)5-7-14/h4-7,10-11H,8-9H2,1-3H3,(H2,18,19,22). The molecule has 23 heavy (non-hydrogen) atoms. The van der Waals surface area contributed by atoms with Gasteiger partial charge in [0.2, 0.25) is 0 Å². The highest BCUT2D eigenvalue weighted by Gasteiger charge is 2.13. The summed E-state index contributed by atoms with van der Waals surface area (Å²) in [5.74, 6) is 0.801. The van der Waals surface area contributed by atoms with Gasteiger partial charge < -0.3 is 10.6 Å². The fourth-order valence-corrected chi connectivity index (χ4v) is 3.13. The topological polar surface area (TPSA) is 59.0 Å². The Kier molecular flexibility index (Phi) is 6.36. The molecule has 2 rings (SSSR count). The summed E-state index contributed by atoms with van der Waals surface area (Å²) in [6, 6.07) is 7.43. The van der Waals surface area contributed by atoms with Gasteiger partial charge in [0, 0.05) is 41.0 Å². The number of hydrogen-bond donors (Lipinski definition) is 2. The summed E-state index contributed by atoms with van der Waals surface area (Å²) in [7, 11) is 1.87. The lowest BCUT2D eigenvalue weighted by Gasteiger charge is -2.14. The molecule has 5 nitrogen and oxygen atoms in total. The van der Waals surface area contributed by atoms with Crippen LogP contribution in [-0.2, 0) is 7.05 Å². The van der Waals surface area contributed by atoms with Crippen molar-refractivity contribution in [3.63, 3.8) is 0 Å². The molecule has 124 valence electrons. The van der Waals surface area contributed by atoms with Crippen LogP contribution in [0.5, 0.6) is 0 Å². The largest absolute Gasteiger partial charge is 0.337 e. The Hall–Kier alpha value is -1.66. The molecule has 0 bridgehead atoms. The van der Waals surface area contributed by atoms with E-state index in [1.807, 2.05) is 51.4 Å². The number of amides is 2. The molecule has 1 atom stereocenters. The number of urea groups is 1. The molecule has 7 heteroatoms. The number of aromatic nitrogens is 2. The molecule has 1 unspecified atom stereocenters. The lowest BCUT2D eigenvalue weighted by molar-refractivity contribution is 0.238. The number of benzene rings is 1.